The number of hydrogen-bond acceptors (Lipinski definition) is 5. The van der Waals surface area contributed by atoms with Crippen LogP contribution < -0.4 is 10.1 Å². The number of benzene rings is 1. The van der Waals surface area contributed by atoms with Crippen LogP contribution in [0.3, 0.4) is 0 Å². The Balaban J connectivity index is 2.52. The number of unbranched alkanes of at least 4 members (excludes halogenated alkanes) is 1. The summed E-state index contributed by atoms with van der Waals surface area (Å²) in [5, 5.41) is 21.9. The van der Waals surface area contributed by atoms with Gasteiger partial charge in [-0.25, -0.2) is 0 Å². The minimum atomic E-state index is -0.887. The van der Waals surface area contributed by atoms with Crippen LogP contribution in [0.15, 0.2) is 18.2 Å². The van der Waals surface area contributed by atoms with E-state index in [4.69, 9.17) is 9.84 Å². The van der Waals surface area contributed by atoms with E-state index in [2.05, 4.69) is 5.32 Å². The summed E-state index contributed by atoms with van der Waals surface area (Å²) in [6, 6.07) is 4.16. The summed E-state index contributed by atoms with van der Waals surface area (Å²) in [7, 11) is 1.44. The number of carbonyl (C=O) groups is 2. The lowest BCUT2D eigenvalue weighted by atomic mass is 10.1. The molecule has 120 valence electrons. The summed E-state index contributed by atoms with van der Waals surface area (Å²) in [5.74, 6) is -0.669. The maximum Gasteiger partial charge on any atom is 0.303 e. The normalized spacial score (nSPS) is 10.0. The molecule has 1 amide bonds. The highest BCUT2D eigenvalue weighted by molar-refractivity contribution is 5.76. The average molecular weight is 310 g/mol. The van der Waals surface area contributed by atoms with E-state index in [1.54, 1.807) is 0 Å². The summed E-state index contributed by atoms with van der Waals surface area (Å²) in [6.07, 6.45) is 1.16. The Morgan fingerprint density at radius 1 is 1.32 bits per heavy atom. The van der Waals surface area contributed by atoms with E-state index < -0.39 is 10.9 Å². The van der Waals surface area contributed by atoms with E-state index in [0.717, 1.165) is 0 Å². The molecule has 0 unspecified atom stereocenters. The third-order valence-corrected chi connectivity index (χ3v) is 3.00. The molecule has 22 heavy (non-hydrogen) atoms. The Hall–Kier alpha value is -2.64. The molecular formula is C14H18N2O6. The van der Waals surface area contributed by atoms with Crippen molar-refractivity contribution in [1.82, 2.24) is 5.32 Å². The zero-order chi connectivity index (χ0) is 16.5. The van der Waals surface area contributed by atoms with E-state index in [-0.39, 0.29) is 31.0 Å². The lowest BCUT2D eigenvalue weighted by Crippen LogP contribution is -2.22. The van der Waals surface area contributed by atoms with Crippen LogP contribution in [0.1, 0.15) is 31.2 Å². The fourth-order valence-corrected chi connectivity index (χ4v) is 1.86. The maximum atomic E-state index is 11.6. The number of nitro groups is 1. The number of rotatable bonds is 9. The monoisotopic (exact) mass is 310 g/mol. The molecule has 0 saturated heterocycles. The number of carboxylic acid groups (broad SMARTS) is 1. The van der Waals surface area contributed by atoms with Gasteiger partial charge in [-0.05, 0) is 18.9 Å². The van der Waals surface area contributed by atoms with Gasteiger partial charge in [-0.15, -0.1) is 0 Å². The molecule has 0 bridgehead atoms. The van der Waals surface area contributed by atoms with Crippen molar-refractivity contribution >= 4 is 17.6 Å². The second-order valence-electron chi connectivity index (χ2n) is 4.63. The average Bonchev–Trinajstić information content (AvgIpc) is 2.48. The summed E-state index contributed by atoms with van der Waals surface area (Å²) >= 11 is 0. The summed E-state index contributed by atoms with van der Waals surface area (Å²) in [6.45, 7) is 0.114. The molecule has 8 nitrogen and oxygen atoms in total. The highest BCUT2D eigenvalue weighted by Gasteiger charge is 2.12. The molecule has 0 radical (unpaired) electrons. The minimum absolute atomic E-state index is 0.0337. The quantitative estimate of drug-likeness (QED) is 0.408. The van der Waals surface area contributed by atoms with Gasteiger partial charge < -0.3 is 15.2 Å². The number of non-ortho nitro benzene ring substituents is 1. The van der Waals surface area contributed by atoms with Crippen molar-refractivity contribution in [2.45, 2.75) is 32.2 Å². The summed E-state index contributed by atoms with van der Waals surface area (Å²) in [4.78, 5) is 32.2. The van der Waals surface area contributed by atoms with Gasteiger partial charge in [-0.1, -0.05) is 0 Å². The van der Waals surface area contributed by atoms with Crippen LogP contribution in [0.5, 0.6) is 5.75 Å². The SMILES string of the molecule is COc1ccc([N+](=O)[O-])cc1CNC(=O)CCCCC(=O)O. The van der Waals surface area contributed by atoms with Gasteiger partial charge in [0.1, 0.15) is 5.75 Å². The molecule has 2 N–H and O–H groups in total. The van der Waals surface area contributed by atoms with Crippen LogP contribution in [-0.4, -0.2) is 29.0 Å². The van der Waals surface area contributed by atoms with Gasteiger partial charge in [0.15, 0.2) is 0 Å². The van der Waals surface area contributed by atoms with Crippen LogP contribution in [0.4, 0.5) is 5.69 Å². The van der Waals surface area contributed by atoms with E-state index in [1.165, 1.54) is 25.3 Å². The van der Waals surface area contributed by atoms with Gasteiger partial charge in [0, 0.05) is 37.1 Å². The van der Waals surface area contributed by atoms with Crippen LogP contribution in [0, 0.1) is 10.1 Å². The van der Waals surface area contributed by atoms with E-state index in [0.29, 0.717) is 24.2 Å². The van der Waals surface area contributed by atoms with Crippen molar-refractivity contribution in [3.63, 3.8) is 0 Å². The first-order chi connectivity index (χ1) is 10.4. The molecule has 0 fully saturated rings. The smallest absolute Gasteiger partial charge is 0.303 e. The second kappa shape index (κ2) is 8.60. The summed E-state index contributed by atoms with van der Waals surface area (Å²) < 4.78 is 5.10. The molecule has 0 aliphatic carbocycles. The number of nitrogens with one attached hydrogen (secondary N) is 1. The van der Waals surface area contributed by atoms with Gasteiger partial charge in [-0.3, -0.25) is 19.7 Å². The van der Waals surface area contributed by atoms with Gasteiger partial charge in [0.05, 0.1) is 12.0 Å². The maximum absolute atomic E-state index is 11.6. The number of nitro benzene ring substituents is 1. The topological polar surface area (TPSA) is 119 Å². The molecule has 8 heteroatoms. The van der Waals surface area contributed by atoms with Crippen LogP contribution in [0.2, 0.25) is 0 Å². The summed E-state index contributed by atoms with van der Waals surface area (Å²) in [5.41, 5.74) is 0.432. The highest BCUT2D eigenvalue weighted by atomic mass is 16.6. The van der Waals surface area contributed by atoms with Crippen molar-refractivity contribution in [2.75, 3.05) is 7.11 Å². The van der Waals surface area contributed by atoms with Gasteiger partial charge >= 0.3 is 5.97 Å². The van der Waals surface area contributed by atoms with Crippen molar-refractivity contribution in [2.24, 2.45) is 0 Å². The molecule has 0 aromatic heterocycles. The third-order valence-electron chi connectivity index (χ3n) is 3.00. The number of methoxy groups -OCH3 is 1. The number of nitrogens with zero attached hydrogens (tertiary/aromatic N) is 1. The molecule has 1 rings (SSSR count). The Morgan fingerprint density at radius 3 is 2.59 bits per heavy atom. The Morgan fingerprint density at radius 2 is 2.00 bits per heavy atom. The predicted molar refractivity (Wildman–Crippen MR) is 77.6 cm³/mol. The lowest BCUT2D eigenvalue weighted by Gasteiger charge is -2.09. The van der Waals surface area contributed by atoms with E-state index in [9.17, 15) is 19.7 Å². The first kappa shape index (κ1) is 17.4. The van der Waals surface area contributed by atoms with E-state index >= 15 is 0 Å². The molecule has 1 aromatic carbocycles. The molecule has 0 aliphatic heterocycles. The Labute approximate surface area is 127 Å². The number of aliphatic carboxylic acids is 1. The number of amides is 1. The first-order valence-corrected chi connectivity index (χ1v) is 6.74. The van der Waals surface area contributed by atoms with Gasteiger partial charge in [0.2, 0.25) is 5.91 Å². The van der Waals surface area contributed by atoms with Crippen molar-refractivity contribution in [3.05, 3.63) is 33.9 Å². The second-order valence-corrected chi connectivity index (χ2v) is 4.63. The predicted octanol–water partition coefficient (Wildman–Crippen LogP) is 1.86. The number of carboxylic acids is 1. The zero-order valence-corrected chi connectivity index (χ0v) is 12.2. The van der Waals surface area contributed by atoms with Crippen molar-refractivity contribution in [3.8, 4) is 5.75 Å². The fraction of sp³-hybridized carbons (Fsp3) is 0.429. The van der Waals surface area contributed by atoms with Crippen molar-refractivity contribution < 1.29 is 24.4 Å². The molecule has 0 spiro atoms. The molecule has 0 saturated carbocycles. The number of ether oxygens (including phenoxy) is 1. The van der Waals surface area contributed by atoms with Gasteiger partial charge in [-0.2, -0.15) is 0 Å². The fourth-order valence-electron chi connectivity index (χ4n) is 1.86. The van der Waals surface area contributed by atoms with E-state index in [1.807, 2.05) is 0 Å². The van der Waals surface area contributed by atoms with Crippen LogP contribution >= 0.6 is 0 Å². The largest absolute Gasteiger partial charge is 0.496 e. The Bertz CT molecular complexity index is 558. The number of hydrogen-bond donors (Lipinski definition) is 2. The molecule has 1 aromatic rings. The van der Waals surface area contributed by atoms with Crippen molar-refractivity contribution in [1.29, 1.82) is 0 Å². The third kappa shape index (κ3) is 5.78. The molecule has 0 atom stereocenters. The van der Waals surface area contributed by atoms with Crippen LogP contribution in [-0.2, 0) is 16.1 Å². The molecular weight excluding hydrogens is 292 g/mol. The highest BCUT2D eigenvalue weighted by Crippen LogP contribution is 2.23. The first-order valence-electron chi connectivity index (χ1n) is 6.74. The lowest BCUT2D eigenvalue weighted by molar-refractivity contribution is -0.384. The van der Waals surface area contributed by atoms with Gasteiger partial charge in [0.25, 0.3) is 5.69 Å². The number of carbonyl (C=O) groups excluding carboxylic acids is 1. The molecule has 0 aliphatic rings. The van der Waals surface area contributed by atoms with Crippen LogP contribution in [0.25, 0.3) is 0 Å². The zero-order valence-electron chi connectivity index (χ0n) is 12.2. The minimum Gasteiger partial charge on any atom is -0.496 e. The Kier molecular flexibility index (Phi) is 6.81. The molecule has 0 heterocycles. The standard InChI is InChI=1S/C14H18N2O6/c1-22-12-7-6-11(16(20)21)8-10(12)9-15-13(17)4-2-3-5-14(18)19/h6-8H,2-5,9H2,1H3,(H,15,17)(H,18,19).